The molecule has 0 amide bonds. The number of fused-ring (bicyclic) bond motifs is 1. The van der Waals surface area contributed by atoms with Crippen molar-refractivity contribution < 1.29 is 4.84 Å². The Morgan fingerprint density at radius 1 is 1.25 bits per heavy atom. The van der Waals surface area contributed by atoms with Gasteiger partial charge in [0.25, 0.3) is 0 Å². The van der Waals surface area contributed by atoms with Crippen LogP contribution in [0.2, 0.25) is 0 Å². The smallest absolute Gasteiger partial charge is 0.153 e. The Bertz CT molecular complexity index is 390. The second kappa shape index (κ2) is 4.10. The number of hydrogen-bond acceptors (Lipinski definition) is 2. The fraction of sp³-hybridized carbons (Fsp3) is 0.571. The second-order valence-electron chi connectivity index (χ2n) is 5.90. The second-order valence-corrected chi connectivity index (χ2v) is 5.90. The van der Waals surface area contributed by atoms with E-state index in [1.807, 2.05) is 0 Å². The van der Waals surface area contributed by atoms with E-state index in [9.17, 15) is 0 Å². The molecule has 1 aromatic carbocycles. The average molecular weight is 219 g/mol. The monoisotopic (exact) mass is 219 g/mol. The molecule has 0 aromatic heterocycles. The van der Waals surface area contributed by atoms with Gasteiger partial charge < -0.3 is 4.84 Å². The molecule has 0 saturated heterocycles. The molecule has 88 valence electrons. The van der Waals surface area contributed by atoms with Gasteiger partial charge in [0, 0.05) is 5.56 Å². The van der Waals surface area contributed by atoms with Crippen molar-refractivity contribution in [2.24, 2.45) is 11.3 Å². The third kappa shape index (κ3) is 2.22. The molecule has 0 aliphatic heterocycles. The predicted molar refractivity (Wildman–Crippen MR) is 66.4 cm³/mol. The van der Waals surface area contributed by atoms with Crippen LogP contribution in [0.1, 0.15) is 43.9 Å². The van der Waals surface area contributed by atoms with Crippen molar-refractivity contribution in [1.82, 2.24) is 0 Å². The zero-order valence-corrected chi connectivity index (χ0v) is 10.5. The van der Waals surface area contributed by atoms with Crippen LogP contribution in [-0.4, -0.2) is 0 Å². The van der Waals surface area contributed by atoms with E-state index in [2.05, 4.69) is 32.9 Å². The van der Waals surface area contributed by atoms with Crippen LogP contribution >= 0.6 is 0 Å². The summed E-state index contributed by atoms with van der Waals surface area (Å²) in [6.07, 6.45) is 4.51. The van der Waals surface area contributed by atoms with Gasteiger partial charge in [0.05, 0.1) is 0 Å². The van der Waals surface area contributed by atoms with Gasteiger partial charge >= 0.3 is 0 Å². The molecule has 0 bridgehead atoms. The highest BCUT2D eigenvalue weighted by atomic mass is 16.6. The average Bonchev–Trinajstić information content (AvgIpc) is 2.62. The van der Waals surface area contributed by atoms with E-state index in [1.54, 1.807) is 0 Å². The van der Waals surface area contributed by atoms with Crippen LogP contribution in [0.4, 0.5) is 0 Å². The lowest BCUT2D eigenvalue weighted by Gasteiger charge is -2.21. The molecular weight excluding hydrogens is 198 g/mol. The quantitative estimate of drug-likeness (QED) is 0.776. The molecule has 2 rings (SSSR count). The van der Waals surface area contributed by atoms with Crippen LogP contribution in [0, 0.1) is 5.41 Å². The molecule has 16 heavy (non-hydrogen) atoms. The third-order valence-electron chi connectivity index (χ3n) is 3.15. The molecule has 0 fully saturated rings. The zero-order chi connectivity index (χ0) is 11.8. The predicted octanol–water partition coefficient (Wildman–Crippen LogP) is 3.02. The van der Waals surface area contributed by atoms with E-state index in [-0.39, 0.29) is 5.41 Å². The largest absolute Gasteiger partial charge is 0.411 e. The lowest BCUT2D eigenvalue weighted by Crippen LogP contribution is -2.13. The maximum absolute atomic E-state index is 5.44. The third-order valence-corrected chi connectivity index (χ3v) is 3.15. The molecule has 2 N–H and O–H groups in total. The summed E-state index contributed by atoms with van der Waals surface area (Å²) >= 11 is 0. The standard InChI is InChI=1S/C14H21NO/c1-14(2,3)9-11-8-7-10-5-4-6-12(10)13(11)16-15/h7-8H,4-6,9,15H2,1-3H3. The van der Waals surface area contributed by atoms with Crippen molar-refractivity contribution >= 4 is 0 Å². The molecule has 1 aromatic rings. The van der Waals surface area contributed by atoms with Gasteiger partial charge in [0.2, 0.25) is 0 Å². The van der Waals surface area contributed by atoms with Crippen molar-refractivity contribution in [2.45, 2.75) is 46.5 Å². The Morgan fingerprint density at radius 2 is 2.00 bits per heavy atom. The van der Waals surface area contributed by atoms with Crippen molar-refractivity contribution in [3.05, 3.63) is 28.8 Å². The SMILES string of the molecule is CC(C)(C)Cc1ccc2c(c1ON)CCC2. The molecule has 0 radical (unpaired) electrons. The normalized spacial score (nSPS) is 15.0. The van der Waals surface area contributed by atoms with E-state index in [0.717, 1.165) is 18.6 Å². The van der Waals surface area contributed by atoms with Gasteiger partial charge in [-0.25, -0.2) is 0 Å². The summed E-state index contributed by atoms with van der Waals surface area (Å²) in [5, 5.41) is 0. The van der Waals surface area contributed by atoms with Crippen molar-refractivity contribution in [3.8, 4) is 5.75 Å². The Kier molecular flexibility index (Phi) is 2.94. The molecule has 0 unspecified atom stereocenters. The van der Waals surface area contributed by atoms with Crippen molar-refractivity contribution in [3.63, 3.8) is 0 Å². The molecule has 1 aliphatic carbocycles. The molecule has 0 spiro atoms. The maximum atomic E-state index is 5.44. The van der Waals surface area contributed by atoms with Gasteiger partial charge in [0.15, 0.2) is 5.75 Å². The van der Waals surface area contributed by atoms with Gasteiger partial charge in [0.1, 0.15) is 0 Å². The number of aryl methyl sites for hydroxylation is 1. The number of nitrogens with two attached hydrogens (primary N) is 1. The van der Waals surface area contributed by atoms with E-state index in [0.29, 0.717) is 0 Å². The summed E-state index contributed by atoms with van der Waals surface area (Å²) in [6.45, 7) is 6.71. The van der Waals surface area contributed by atoms with Crippen molar-refractivity contribution in [1.29, 1.82) is 0 Å². The van der Waals surface area contributed by atoms with Crippen LogP contribution in [0.5, 0.6) is 5.75 Å². The van der Waals surface area contributed by atoms with Crippen LogP contribution < -0.4 is 10.7 Å². The molecule has 1 aliphatic rings. The van der Waals surface area contributed by atoms with Gasteiger partial charge in [-0.1, -0.05) is 32.9 Å². The summed E-state index contributed by atoms with van der Waals surface area (Å²) in [4.78, 5) is 5.13. The first kappa shape index (κ1) is 11.5. The molecular formula is C14H21NO. The highest BCUT2D eigenvalue weighted by molar-refractivity contribution is 5.49. The first-order chi connectivity index (χ1) is 7.51. The Morgan fingerprint density at radius 3 is 2.62 bits per heavy atom. The number of rotatable bonds is 2. The summed E-state index contributed by atoms with van der Waals surface area (Å²) in [5.74, 6) is 6.38. The Labute approximate surface area is 97.8 Å². The van der Waals surface area contributed by atoms with Crippen molar-refractivity contribution in [2.75, 3.05) is 0 Å². The summed E-state index contributed by atoms with van der Waals surface area (Å²) in [6, 6.07) is 4.42. The van der Waals surface area contributed by atoms with Crippen LogP contribution in [0.3, 0.4) is 0 Å². The number of benzene rings is 1. The molecule has 2 nitrogen and oxygen atoms in total. The highest BCUT2D eigenvalue weighted by Gasteiger charge is 2.21. The van der Waals surface area contributed by atoms with E-state index < -0.39 is 0 Å². The first-order valence-corrected chi connectivity index (χ1v) is 6.01. The summed E-state index contributed by atoms with van der Waals surface area (Å²) in [7, 11) is 0. The van der Waals surface area contributed by atoms with E-state index >= 15 is 0 Å². The lowest BCUT2D eigenvalue weighted by atomic mass is 9.86. The number of hydrogen-bond donors (Lipinski definition) is 1. The van der Waals surface area contributed by atoms with E-state index in [1.165, 1.54) is 29.5 Å². The van der Waals surface area contributed by atoms with Gasteiger partial charge in [-0.05, 0) is 42.2 Å². The fourth-order valence-electron chi connectivity index (χ4n) is 2.54. The Hall–Kier alpha value is -1.02. The van der Waals surface area contributed by atoms with Gasteiger partial charge in [-0.3, -0.25) is 0 Å². The van der Waals surface area contributed by atoms with Crippen LogP contribution in [0.15, 0.2) is 12.1 Å². The maximum Gasteiger partial charge on any atom is 0.153 e. The minimum absolute atomic E-state index is 0.264. The molecule has 0 atom stereocenters. The first-order valence-electron chi connectivity index (χ1n) is 6.01. The minimum atomic E-state index is 0.264. The molecule has 0 heterocycles. The molecule has 2 heteroatoms. The van der Waals surface area contributed by atoms with Crippen LogP contribution in [0.25, 0.3) is 0 Å². The van der Waals surface area contributed by atoms with Gasteiger partial charge in [-0.15, -0.1) is 0 Å². The zero-order valence-electron chi connectivity index (χ0n) is 10.5. The summed E-state index contributed by atoms with van der Waals surface area (Å²) < 4.78 is 0. The summed E-state index contributed by atoms with van der Waals surface area (Å²) in [5.41, 5.74) is 4.26. The van der Waals surface area contributed by atoms with Gasteiger partial charge in [-0.2, -0.15) is 5.90 Å². The highest BCUT2D eigenvalue weighted by Crippen LogP contribution is 2.36. The lowest BCUT2D eigenvalue weighted by molar-refractivity contribution is 0.319. The minimum Gasteiger partial charge on any atom is -0.411 e. The van der Waals surface area contributed by atoms with E-state index in [4.69, 9.17) is 10.7 Å². The molecule has 0 saturated carbocycles. The topological polar surface area (TPSA) is 35.2 Å². The Balaban J connectivity index is 2.39. The fourth-order valence-corrected chi connectivity index (χ4v) is 2.54. The van der Waals surface area contributed by atoms with Crippen LogP contribution in [-0.2, 0) is 19.3 Å².